The number of amides is 2. The van der Waals surface area contributed by atoms with Crippen molar-refractivity contribution >= 4 is 108 Å². The number of nitriles is 2. The number of nitrogens with one attached hydrogen (secondary N) is 3. The highest BCUT2D eigenvalue weighted by molar-refractivity contribution is 7.92. The van der Waals surface area contributed by atoms with E-state index in [0.717, 1.165) is 106 Å². The van der Waals surface area contributed by atoms with E-state index in [1.54, 1.807) is 37.2 Å². The summed E-state index contributed by atoms with van der Waals surface area (Å²) in [5.74, 6) is 0.536. The summed E-state index contributed by atoms with van der Waals surface area (Å²) in [6.45, 7) is 8.25. The number of likely N-dealkylation sites (tertiary alicyclic amines) is 2. The van der Waals surface area contributed by atoms with Gasteiger partial charge < -0.3 is 20.0 Å². The molecule has 3 N–H and O–H groups in total. The van der Waals surface area contributed by atoms with Gasteiger partial charge >= 0.3 is 0 Å². The average molecular weight is 1170 g/mol. The van der Waals surface area contributed by atoms with Crippen LogP contribution < -0.4 is 19.7 Å². The van der Waals surface area contributed by atoms with Crippen LogP contribution in [0, 0.1) is 48.3 Å². The summed E-state index contributed by atoms with van der Waals surface area (Å²) in [6, 6.07) is 16.8. The summed E-state index contributed by atoms with van der Waals surface area (Å²) in [5, 5.41) is 31.2. The van der Waals surface area contributed by atoms with Gasteiger partial charge in [0.05, 0.1) is 82.5 Å². The molecule has 412 valence electrons. The number of nitrogens with zero attached hydrogens (tertiary/aromatic N) is 11. The van der Waals surface area contributed by atoms with Crippen LogP contribution in [0.2, 0.25) is 15.2 Å². The number of piperidine rings is 2. The number of anilines is 3. The van der Waals surface area contributed by atoms with Crippen LogP contribution >= 0.6 is 47.2 Å². The minimum Gasteiger partial charge on any atom is -0.355 e. The molecule has 4 aromatic heterocycles. The summed E-state index contributed by atoms with van der Waals surface area (Å²) < 4.78 is 55.6. The van der Waals surface area contributed by atoms with Crippen molar-refractivity contribution in [3.8, 4) is 12.1 Å². The van der Waals surface area contributed by atoms with E-state index in [-0.39, 0.29) is 72.2 Å². The molecule has 4 saturated heterocycles. The molecule has 4 fully saturated rings. The number of sulfonamides is 2. The maximum Gasteiger partial charge on any atom is 0.256 e. The van der Waals surface area contributed by atoms with E-state index >= 15 is 0 Å². The molecule has 6 aromatic rings. The molecule has 0 aliphatic carbocycles. The molecule has 0 unspecified atom stereocenters. The maximum absolute atomic E-state index is 13.7. The fourth-order valence-corrected chi connectivity index (χ4v) is 11.4. The van der Waals surface area contributed by atoms with Gasteiger partial charge in [0, 0.05) is 78.4 Å². The molecular formula is C51H62Cl4N14O6S2. The first-order chi connectivity index (χ1) is 35.7. The Kier molecular flexibility index (Phi) is 20.1. The van der Waals surface area contributed by atoms with Gasteiger partial charge in [-0.25, -0.2) is 35.8 Å². The van der Waals surface area contributed by atoms with Gasteiger partial charge in [-0.2, -0.15) is 20.7 Å². The first kappa shape index (κ1) is 60.3. The number of halogens is 4. The van der Waals surface area contributed by atoms with E-state index in [9.17, 15) is 31.7 Å². The zero-order chi connectivity index (χ0) is 53.8. The van der Waals surface area contributed by atoms with E-state index < -0.39 is 20.0 Å². The lowest BCUT2D eigenvalue weighted by molar-refractivity contribution is 0.0600. The Bertz CT molecular complexity index is 3410. The normalized spacial score (nSPS) is 19.4. The number of benzene rings is 2. The predicted octanol–water partition coefficient (Wildman–Crippen LogP) is 9.04. The van der Waals surface area contributed by atoms with Crippen molar-refractivity contribution in [1.82, 2.24) is 44.3 Å². The zero-order valence-corrected chi connectivity index (χ0v) is 46.9. The molecule has 0 bridgehead atoms. The summed E-state index contributed by atoms with van der Waals surface area (Å²) in [5.41, 5.74) is 5.27. The Hall–Kier alpha value is -5.98. The summed E-state index contributed by atoms with van der Waals surface area (Å²) in [6.07, 6.45) is 12.7. The molecule has 0 saturated carbocycles. The van der Waals surface area contributed by atoms with Crippen molar-refractivity contribution in [2.75, 3.05) is 66.1 Å². The first-order valence-corrected chi connectivity index (χ1v) is 29.4. The van der Waals surface area contributed by atoms with E-state index in [2.05, 4.69) is 41.9 Å². The minimum absolute atomic E-state index is 0. The molecule has 2 aromatic carbocycles. The van der Waals surface area contributed by atoms with Gasteiger partial charge in [0.25, 0.3) is 11.8 Å². The molecule has 77 heavy (non-hydrogen) atoms. The molecule has 0 spiro atoms. The number of carbonyl (C=O) groups excluding carboxylic acids is 2. The Labute approximate surface area is 470 Å². The zero-order valence-electron chi connectivity index (χ0n) is 42.2. The molecule has 2 amide bonds. The summed E-state index contributed by atoms with van der Waals surface area (Å²) in [4.78, 5) is 42.1. The molecular weight excluding hydrogens is 1110 g/mol. The molecule has 4 aliphatic rings. The van der Waals surface area contributed by atoms with Crippen molar-refractivity contribution < 1.29 is 26.4 Å². The standard InChI is InChI=1S/C25H28ClN7O3S.C20H21Cl2N5O3S.C5H8N2.CH4.ClH/c1-16-14-33-23(28-24(16)31-10-8-17(13-27)15-31)12-21(29-33)22-5-3-4-9-32(22)25(34)19-11-18(26)6-7-20(19)30-37(2,35)36;1-12-11-27-18(23-19(12)22)10-16(24-27)17-5-3-4-8-26(17)20(28)14-9-13(21)6-7-15(14)25-31(2,29)30;6-3-5-1-2-7-4-5;;/h6-7,11-12,14,17,22,30H,3-5,8-10,15H2,1-2H3;6-7,9-11,17,25H,3-5,8H2,1-2H3;5,7H,1-2,4H2;1H4;1H/t17-,22+;17-;5-;;/m101../s1. The monoisotopic (exact) mass is 1170 g/mol. The van der Waals surface area contributed by atoms with Crippen molar-refractivity contribution in [2.24, 2.45) is 11.8 Å². The van der Waals surface area contributed by atoms with Gasteiger partial charge in [0.15, 0.2) is 11.3 Å². The molecule has 8 heterocycles. The van der Waals surface area contributed by atoms with Crippen LogP contribution in [-0.2, 0) is 20.0 Å². The number of rotatable bonds is 9. The summed E-state index contributed by atoms with van der Waals surface area (Å²) >= 11 is 18.5. The molecule has 4 atom stereocenters. The third kappa shape index (κ3) is 14.8. The number of carbonyl (C=O) groups is 2. The Morgan fingerprint density at radius 2 is 1.17 bits per heavy atom. The number of aryl methyl sites for hydroxylation is 2. The van der Waals surface area contributed by atoms with Crippen molar-refractivity contribution in [2.45, 2.75) is 84.7 Å². The molecule has 26 heteroatoms. The lowest BCUT2D eigenvalue weighted by atomic mass is 9.98. The van der Waals surface area contributed by atoms with E-state index in [0.29, 0.717) is 57.7 Å². The second-order valence-electron chi connectivity index (χ2n) is 19.2. The van der Waals surface area contributed by atoms with Crippen molar-refractivity contribution in [1.29, 1.82) is 10.5 Å². The van der Waals surface area contributed by atoms with Crippen LogP contribution in [0.5, 0.6) is 0 Å². The first-order valence-electron chi connectivity index (χ1n) is 24.5. The number of aromatic nitrogens is 6. The van der Waals surface area contributed by atoms with Crippen molar-refractivity contribution in [3.05, 3.63) is 110 Å². The van der Waals surface area contributed by atoms with Gasteiger partial charge in [0.1, 0.15) is 11.0 Å². The Morgan fingerprint density at radius 3 is 1.61 bits per heavy atom. The van der Waals surface area contributed by atoms with Gasteiger partial charge in [-0.05, 0) is 108 Å². The average Bonchev–Trinajstić information content (AvgIpc) is 4.22. The maximum atomic E-state index is 13.7. The van der Waals surface area contributed by atoms with Crippen LogP contribution in [0.3, 0.4) is 0 Å². The minimum atomic E-state index is -3.59. The van der Waals surface area contributed by atoms with Gasteiger partial charge in [0.2, 0.25) is 20.0 Å². The molecule has 20 nitrogen and oxygen atoms in total. The van der Waals surface area contributed by atoms with Crippen LogP contribution in [0.25, 0.3) is 11.3 Å². The largest absolute Gasteiger partial charge is 0.355 e. The van der Waals surface area contributed by atoms with Crippen LogP contribution in [-0.4, -0.2) is 119 Å². The SMILES string of the molecule is C.Cc1cn2nc([C@@H]3CCCCN3C(=O)c3cc(Cl)ccc3NS(C)(=O)=O)cc2nc1Cl.Cc1cn2nc([C@@H]3CCCCN3C(=O)c3cc(Cl)ccc3NS(C)(=O)=O)cc2nc1N1CC[C@H](C#N)C1.Cl.N#C[C@H]1CCNC1. The molecule has 0 radical (unpaired) electrons. The molecule has 10 rings (SSSR count). The predicted molar refractivity (Wildman–Crippen MR) is 302 cm³/mol. The highest BCUT2D eigenvalue weighted by atomic mass is 35.5. The smallest absolute Gasteiger partial charge is 0.256 e. The van der Waals surface area contributed by atoms with Gasteiger partial charge in [-0.3, -0.25) is 19.0 Å². The Balaban J connectivity index is 0.000000218. The third-order valence-corrected chi connectivity index (χ3v) is 15.4. The lowest BCUT2D eigenvalue weighted by Crippen LogP contribution is -2.39. The van der Waals surface area contributed by atoms with Crippen LogP contribution in [0.1, 0.15) is 114 Å². The van der Waals surface area contributed by atoms with E-state index in [1.807, 2.05) is 32.2 Å². The van der Waals surface area contributed by atoms with Gasteiger partial charge in [-0.1, -0.05) is 42.2 Å². The number of hydrogen-bond acceptors (Lipinski definition) is 14. The number of hydrogen-bond donors (Lipinski definition) is 3. The fraction of sp³-hybridized carbons (Fsp3) is 0.451. The highest BCUT2D eigenvalue weighted by Crippen LogP contribution is 2.37. The van der Waals surface area contributed by atoms with E-state index in [1.165, 1.54) is 24.3 Å². The quantitative estimate of drug-likeness (QED) is 0.114. The second kappa shape index (κ2) is 25.7. The Morgan fingerprint density at radius 1 is 0.675 bits per heavy atom. The summed E-state index contributed by atoms with van der Waals surface area (Å²) in [7, 11) is -7.16. The third-order valence-electron chi connectivity index (χ3n) is 13.4. The highest BCUT2D eigenvalue weighted by Gasteiger charge is 2.35. The fourth-order valence-electron chi connectivity index (χ4n) is 9.73. The lowest BCUT2D eigenvalue weighted by Gasteiger charge is -2.35. The van der Waals surface area contributed by atoms with Crippen LogP contribution in [0.4, 0.5) is 17.2 Å². The topological polar surface area (TPSA) is 256 Å². The van der Waals surface area contributed by atoms with Crippen molar-refractivity contribution in [3.63, 3.8) is 0 Å². The van der Waals surface area contributed by atoms with Crippen LogP contribution in [0.15, 0.2) is 60.9 Å². The van der Waals surface area contributed by atoms with Gasteiger partial charge in [-0.15, -0.1) is 12.4 Å². The molecule has 4 aliphatic heterocycles. The van der Waals surface area contributed by atoms with E-state index in [4.69, 9.17) is 50.1 Å². The number of fused-ring (bicyclic) bond motifs is 2. The second-order valence-corrected chi connectivity index (χ2v) is 24.0.